The van der Waals surface area contributed by atoms with E-state index >= 15 is 0 Å². The minimum atomic E-state index is -0.380. The smallest absolute Gasteiger partial charge is 0.262 e. The van der Waals surface area contributed by atoms with Gasteiger partial charge < -0.3 is 14.6 Å². The largest absolute Gasteiger partial charge is 0.379 e. The number of morpholine rings is 1. The van der Waals surface area contributed by atoms with Crippen molar-refractivity contribution in [1.29, 1.82) is 0 Å². The number of hydrogen-bond donors (Lipinski definition) is 1. The zero-order valence-corrected chi connectivity index (χ0v) is 15.9. The standard InChI is InChI=1S/C17H24N4O3S/c1-11-12-15(18-10-20(4)16(12)23)25-13(11)14(22)19-17(2,3)9-21-5-7-24-8-6-21/h10H,5-9H2,1-4H3,(H,19,22). The van der Waals surface area contributed by atoms with E-state index < -0.39 is 0 Å². The maximum Gasteiger partial charge on any atom is 0.262 e. The SMILES string of the molecule is Cc1c(C(=O)NC(C)(C)CN2CCOCC2)sc2ncn(C)c(=O)c12. The van der Waals surface area contributed by atoms with Crippen LogP contribution in [0.5, 0.6) is 0 Å². The number of thiophene rings is 1. The van der Waals surface area contributed by atoms with Gasteiger partial charge in [0.2, 0.25) is 0 Å². The van der Waals surface area contributed by atoms with Crippen molar-refractivity contribution in [3.05, 3.63) is 27.1 Å². The first-order valence-corrected chi connectivity index (χ1v) is 9.17. The molecule has 0 bridgehead atoms. The molecule has 0 aromatic carbocycles. The molecular weight excluding hydrogens is 340 g/mol. The second-order valence-electron chi connectivity index (χ2n) is 7.12. The summed E-state index contributed by atoms with van der Waals surface area (Å²) in [5.41, 5.74) is 0.203. The van der Waals surface area contributed by atoms with Crippen LogP contribution in [0.3, 0.4) is 0 Å². The number of rotatable bonds is 4. The van der Waals surface area contributed by atoms with Gasteiger partial charge in [0.15, 0.2) is 0 Å². The molecule has 1 amide bonds. The highest BCUT2D eigenvalue weighted by Crippen LogP contribution is 2.27. The summed E-state index contributed by atoms with van der Waals surface area (Å²) in [4.78, 5) is 32.9. The molecule has 0 atom stereocenters. The van der Waals surface area contributed by atoms with Gasteiger partial charge in [0.05, 0.1) is 29.8 Å². The number of aromatic nitrogens is 2. The van der Waals surface area contributed by atoms with E-state index in [4.69, 9.17) is 4.74 Å². The number of carbonyl (C=O) groups excluding carboxylic acids is 1. The van der Waals surface area contributed by atoms with Crippen molar-refractivity contribution in [3.63, 3.8) is 0 Å². The molecule has 1 N–H and O–H groups in total. The maximum absolute atomic E-state index is 12.8. The number of aryl methyl sites for hydroxylation is 2. The fraction of sp³-hybridized carbons (Fsp3) is 0.588. The van der Waals surface area contributed by atoms with E-state index in [2.05, 4.69) is 15.2 Å². The van der Waals surface area contributed by atoms with Crippen LogP contribution in [0.15, 0.2) is 11.1 Å². The molecule has 0 unspecified atom stereocenters. The molecule has 7 nitrogen and oxygen atoms in total. The summed E-state index contributed by atoms with van der Waals surface area (Å²) in [5.74, 6) is -0.152. The molecule has 2 aromatic heterocycles. The van der Waals surface area contributed by atoms with Gasteiger partial charge in [-0.2, -0.15) is 0 Å². The van der Waals surface area contributed by atoms with Crippen LogP contribution in [0.1, 0.15) is 29.1 Å². The topological polar surface area (TPSA) is 76.5 Å². The highest BCUT2D eigenvalue weighted by atomic mass is 32.1. The summed E-state index contributed by atoms with van der Waals surface area (Å²) in [6.45, 7) is 9.81. The number of fused-ring (bicyclic) bond motifs is 1. The quantitative estimate of drug-likeness (QED) is 0.881. The van der Waals surface area contributed by atoms with E-state index in [1.807, 2.05) is 20.8 Å². The van der Waals surface area contributed by atoms with E-state index in [9.17, 15) is 9.59 Å². The van der Waals surface area contributed by atoms with Crippen molar-refractivity contribution >= 4 is 27.5 Å². The fourth-order valence-electron chi connectivity index (χ4n) is 3.15. The maximum atomic E-state index is 12.8. The lowest BCUT2D eigenvalue weighted by molar-refractivity contribution is 0.0269. The minimum Gasteiger partial charge on any atom is -0.379 e. The average Bonchev–Trinajstić information content (AvgIpc) is 2.88. The predicted molar refractivity (Wildman–Crippen MR) is 98.4 cm³/mol. The molecule has 1 fully saturated rings. The molecule has 1 aliphatic rings. The van der Waals surface area contributed by atoms with Crippen LogP contribution in [-0.2, 0) is 11.8 Å². The first-order valence-electron chi connectivity index (χ1n) is 8.36. The van der Waals surface area contributed by atoms with Crippen LogP contribution in [0.2, 0.25) is 0 Å². The fourth-order valence-corrected chi connectivity index (χ4v) is 4.18. The molecule has 0 radical (unpaired) electrons. The van der Waals surface area contributed by atoms with Crippen LogP contribution < -0.4 is 10.9 Å². The van der Waals surface area contributed by atoms with Crippen LogP contribution in [-0.4, -0.2) is 58.7 Å². The summed E-state index contributed by atoms with van der Waals surface area (Å²) in [7, 11) is 1.66. The Kier molecular flexibility index (Phi) is 4.95. The molecule has 0 spiro atoms. The Bertz CT molecular complexity index is 849. The van der Waals surface area contributed by atoms with Crippen molar-refractivity contribution in [2.45, 2.75) is 26.3 Å². The first kappa shape index (κ1) is 18.0. The minimum absolute atomic E-state index is 0.120. The zero-order valence-electron chi connectivity index (χ0n) is 15.1. The van der Waals surface area contributed by atoms with Crippen molar-refractivity contribution in [2.75, 3.05) is 32.8 Å². The molecule has 1 aliphatic heterocycles. The second kappa shape index (κ2) is 6.86. The van der Waals surface area contributed by atoms with E-state index in [0.717, 1.165) is 32.8 Å². The lowest BCUT2D eigenvalue weighted by atomic mass is 10.0. The Hall–Kier alpha value is -1.77. The zero-order chi connectivity index (χ0) is 18.2. The van der Waals surface area contributed by atoms with Gasteiger partial charge in [-0.3, -0.25) is 14.5 Å². The summed E-state index contributed by atoms with van der Waals surface area (Å²) in [6, 6.07) is 0. The van der Waals surface area contributed by atoms with Crippen LogP contribution in [0.25, 0.3) is 10.2 Å². The van der Waals surface area contributed by atoms with Gasteiger partial charge in [0.1, 0.15) is 4.83 Å². The molecule has 0 saturated carbocycles. The average molecular weight is 364 g/mol. The van der Waals surface area contributed by atoms with E-state index in [1.54, 1.807) is 7.05 Å². The number of nitrogens with one attached hydrogen (secondary N) is 1. The van der Waals surface area contributed by atoms with Crippen molar-refractivity contribution in [3.8, 4) is 0 Å². The number of carbonyl (C=O) groups is 1. The van der Waals surface area contributed by atoms with Gasteiger partial charge in [0.25, 0.3) is 11.5 Å². The Balaban J connectivity index is 1.81. The predicted octanol–water partition coefficient (Wildman–Crippen LogP) is 1.14. The Morgan fingerprint density at radius 3 is 2.76 bits per heavy atom. The Morgan fingerprint density at radius 1 is 1.40 bits per heavy atom. The van der Waals surface area contributed by atoms with Crippen molar-refractivity contribution < 1.29 is 9.53 Å². The summed E-state index contributed by atoms with van der Waals surface area (Å²) >= 11 is 1.27. The number of amides is 1. The van der Waals surface area contributed by atoms with Gasteiger partial charge in [-0.25, -0.2) is 4.98 Å². The third-order valence-electron chi connectivity index (χ3n) is 4.39. The summed E-state index contributed by atoms with van der Waals surface area (Å²) < 4.78 is 6.81. The van der Waals surface area contributed by atoms with Gasteiger partial charge in [-0.1, -0.05) is 0 Å². The second-order valence-corrected chi connectivity index (χ2v) is 8.12. The molecule has 0 aliphatic carbocycles. The molecule has 3 rings (SSSR count). The lowest BCUT2D eigenvalue weighted by Gasteiger charge is -2.35. The molecule has 1 saturated heterocycles. The highest BCUT2D eigenvalue weighted by Gasteiger charge is 2.27. The van der Waals surface area contributed by atoms with Crippen LogP contribution >= 0.6 is 11.3 Å². The van der Waals surface area contributed by atoms with Gasteiger partial charge in [-0.15, -0.1) is 11.3 Å². The van der Waals surface area contributed by atoms with E-state index in [0.29, 0.717) is 20.7 Å². The molecular formula is C17H24N4O3S. The number of nitrogens with zero attached hydrogens (tertiary/aromatic N) is 3. The number of ether oxygens (including phenoxy) is 1. The first-order chi connectivity index (χ1) is 11.8. The normalized spacial score (nSPS) is 16.3. The molecule has 8 heteroatoms. The highest BCUT2D eigenvalue weighted by molar-refractivity contribution is 7.20. The van der Waals surface area contributed by atoms with Crippen LogP contribution in [0.4, 0.5) is 0 Å². The summed E-state index contributed by atoms with van der Waals surface area (Å²) in [6.07, 6.45) is 1.49. The Labute approximate surface area is 150 Å². The molecule has 136 valence electrons. The van der Waals surface area contributed by atoms with Crippen LogP contribution in [0, 0.1) is 6.92 Å². The van der Waals surface area contributed by atoms with Gasteiger partial charge in [0, 0.05) is 32.2 Å². The van der Waals surface area contributed by atoms with Gasteiger partial charge in [-0.05, 0) is 26.3 Å². The molecule has 2 aromatic rings. The monoisotopic (exact) mass is 364 g/mol. The molecule has 3 heterocycles. The lowest BCUT2D eigenvalue weighted by Crippen LogP contribution is -2.53. The van der Waals surface area contributed by atoms with Gasteiger partial charge >= 0.3 is 0 Å². The van der Waals surface area contributed by atoms with E-state index in [-0.39, 0.29) is 17.0 Å². The third-order valence-corrected chi connectivity index (χ3v) is 5.59. The van der Waals surface area contributed by atoms with Crippen molar-refractivity contribution in [1.82, 2.24) is 19.8 Å². The Morgan fingerprint density at radius 2 is 2.08 bits per heavy atom. The van der Waals surface area contributed by atoms with E-state index in [1.165, 1.54) is 22.2 Å². The summed E-state index contributed by atoms with van der Waals surface area (Å²) in [5, 5.41) is 3.64. The third kappa shape index (κ3) is 3.75. The van der Waals surface area contributed by atoms with Crippen molar-refractivity contribution in [2.24, 2.45) is 7.05 Å². The molecule has 25 heavy (non-hydrogen) atoms. The number of hydrogen-bond acceptors (Lipinski definition) is 6.